The fraction of sp³-hybridized carbons (Fsp3) is 0.355. The molecule has 1 fully saturated rings. The van der Waals surface area contributed by atoms with Crippen LogP contribution in [0.5, 0.6) is 0 Å². The SMILES string of the molecule is CC(C)(C)OC(=O)N1C[C@H](O)C[C@H]1C(=O)C[C@@H](Cc1cc(F)cc(F)c1)c1ncccc1-c1ccc(F)c(C(N)=O)c1. The molecule has 1 aromatic heterocycles. The summed E-state index contributed by atoms with van der Waals surface area (Å²) in [6.07, 6.45) is -0.454. The number of hydrogen-bond donors (Lipinski definition) is 2. The van der Waals surface area contributed by atoms with Gasteiger partial charge in [-0.05, 0) is 68.7 Å². The van der Waals surface area contributed by atoms with Gasteiger partial charge in [-0.25, -0.2) is 18.0 Å². The van der Waals surface area contributed by atoms with Gasteiger partial charge in [-0.3, -0.25) is 19.5 Å². The molecule has 0 unspecified atom stereocenters. The molecule has 11 heteroatoms. The molecule has 3 aromatic rings. The minimum Gasteiger partial charge on any atom is -0.444 e. The van der Waals surface area contributed by atoms with E-state index < -0.39 is 58.9 Å². The number of nitrogens with two attached hydrogens (primary N) is 1. The number of amides is 2. The van der Waals surface area contributed by atoms with Gasteiger partial charge in [-0.15, -0.1) is 0 Å². The van der Waals surface area contributed by atoms with E-state index in [0.29, 0.717) is 16.8 Å². The molecule has 1 aliphatic heterocycles. The Balaban J connectivity index is 1.74. The van der Waals surface area contributed by atoms with Gasteiger partial charge in [0.1, 0.15) is 23.1 Å². The van der Waals surface area contributed by atoms with Crippen molar-refractivity contribution in [2.45, 2.75) is 63.7 Å². The van der Waals surface area contributed by atoms with Crippen molar-refractivity contribution in [3.63, 3.8) is 0 Å². The Morgan fingerprint density at radius 2 is 1.79 bits per heavy atom. The van der Waals surface area contributed by atoms with Gasteiger partial charge in [-0.2, -0.15) is 0 Å². The summed E-state index contributed by atoms with van der Waals surface area (Å²) in [5, 5.41) is 10.3. The Kier molecular flexibility index (Phi) is 9.00. The maximum absolute atomic E-state index is 14.2. The number of carbonyl (C=O) groups excluding carboxylic acids is 3. The predicted octanol–water partition coefficient (Wildman–Crippen LogP) is 4.92. The lowest BCUT2D eigenvalue weighted by Crippen LogP contribution is -2.44. The average Bonchev–Trinajstić information content (AvgIpc) is 3.29. The maximum atomic E-state index is 14.2. The second kappa shape index (κ2) is 12.3. The van der Waals surface area contributed by atoms with Crippen LogP contribution in [0.15, 0.2) is 54.7 Å². The molecule has 3 N–H and O–H groups in total. The molecular weight excluding hydrogens is 551 g/mol. The van der Waals surface area contributed by atoms with Crippen molar-refractivity contribution in [2.24, 2.45) is 5.73 Å². The van der Waals surface area contributed by atoms with E-state index >= 15 is 0 Å². The van der Waals surface area contributed by atoms with Crippen molar-refractivity contribution in [1.82, 2.24) is 9.88 Å². The first-order valence-electron chi connectivity index (χ1n) is 13.4. The van der Waals surface area contributed by atoms with Crippen LogP contribution in [0.25, 0.3) is 11.1 Å². The molecule has 8 nitrogen and oxygen atoms in total. The molecule has 0 saturated carbocycles. The van der Waals surface area contributed by atoms with E-state index in [1.54, 1.807) is 32.9 Å². The Labute approximate surface area is 241 Å². The van der Waals surface area contributed by atoms with Crippen LogP contribution < -0.4 is 5.73 Å². The summed E-state index contributed by atoms with van der Waals surface area (Å²) in [4.78, 5) is 44.1. The first kappa shape index (κ1) is 30.7. The average molecular weight is 584 g/mol. The molecule has 222 valence electrons. The Bertz CT molecular complexity index is 1490. The minimum atomic E-state index is -0.999. The number of aromatic nitrogens is 1. The summed E-state index contributed by atoms with van der Waals surface area (Å²) >= 11 is 0. The summed E-state index contributed by atoms with van der Waals surface area (Å²) in [5.41, 5.74) is 5.62. The van der Waals surface area contributed by atoms with E-state index in [-0.39, 0.29) is 36.9 Å². The lowest BCUT2D eigenvalue weighted by Gasteiger charge is -2.28. The number of ether oxygens (including phenoxy) is 1. The molecule has 1 aliphatic rings. The van der Waals surface area contributed by atoms with Gasteiger partial charge >= 0.3 is 6.09 Å². The van der Waals surface area contributed by atoms with Crippen LogP contribution in [-0.2, 0) is 16.0 Å². The number of primary amides is 1. The zero-order valence-corrected chi connectivity index (χ0v) is 23.4. The zero-order valence-electron chi connectivity index (χ0n) is 23.4. The molecule has 2 amide bonds. The number of Topliss-reactive ketones (excluding diaryl/α,β-unsaturated/α-hetero) is 1. The summed E-state index contributed by atoms with van der Waals surface area (Å²) in [6.45, 7) is 4.96. The van der Waals surface area contributed by atoms with Crippen LogP contribution in [0, 0.1) is 17.5 Å². The largest absolute Gasteiger partial charge is 0.444 e. The highest BCUT2D eigenvalue weighted by atomic mass is 19.1. The summed E-state index contributed by atoms with van der Waals surface area (Å²) in [5.74, 6) is -4.54. The predicted molar refractivity (Wildman–Crippen MR) is 148 cm³/mol. The van der Waals surface area contributed by atoms with E-state index in [4.69, 9.17) is 10.5 Å². The minimum absolute atomic E-state index is 0.00556. The van der Waals surface area contributed by atoms with Crippen molar-refractivity contribution in [3.05, 3.63) is 89.0 Å². The first-order chi connectivity index (χ1) is 19.7. The Morgan fingerprint density at radius 3 is 2.43 bits per heavy atom. The van der Waals surface area contributed by atoms with Crippen molar-refractivity contribution in [2.75, 3.05) is 6.54 Å². The molecule has 0 aliphatic carbocycles. The molecule has 0 bridgehead atoms. The number of nitrogens with zero attached hydrogens (tertiary/aromatic N) is 2. The fourth-order valence-corrected chi connectivity index (χ4v) is 5.17. The summed E-state index contributed by atoms with van der Waals surface area (Å²) in [6, 6.07) is 9.11. The van der Waals surface area contributed by atoms with Crippen LogP contribution >= 0.6 is 0 Å². The first-order valence-corrected chi connectivity index (χ1v) is 13.4. The standard InChI is InChI=1S/C31H32F3N3O5/c1-31(2,3)42-30(41)37-16-22(38)15-26(37)27(39)13-19(9-17-10-20(32)14-21(33)11-17)28-23(5-4-8-36-28)18-6-7-25(34)24(12-18)29(35)40/h4-8,10-12,14,19,22,26,38H,9,13,15-16H2,1-3H3,(H2,35,40)/t19-,22-,26+/m1/s1. The summed E-state index contributed by atoms with van der Waals surface area (Å²) in [7, 11) is 0. The van der Waals surface area contributed by atoms with Crippen LogP contribution in [-0.4, -0.2) is 57.1 Å². The highest BCUT2D eigenvalue weighted by molar-refractivity contribution is 5.94. The van der Waals surface area contributed by atoms with E-state index in [0.717, 1.165) is 24.3 Å². The third-order valence-electron chi connectivity index (χ3n) is 6.90. The number of benzene rings is 2. The normalized spacial score (nSPS) is 17.6. The molecule has 1 saturated heterocycles. The zero-order chi connectivity index (χ0) is 30.8. The molecule has 2 heterocycles. The Morgan fingerprint density at radius 1 is 1.10 bits per heavy atom. The second-order valence-corrected chi connectivity index (χ2v) is 11.4. The molecule has 42 heavy (non-hydrogen) atoms. The molecule has 2 aromatic carbocycles. The third-order valence-corrected chi connectivity index (χ3v) is 6.90. The fourth-order valence-electron chi connectivity index (χ4n) is 5.17. The van der Waals surface area contributed by atoms with Crippen molar-refractivity contribution in [1.29, 1.82) is 0 Å². The van der Waals surface area contributed by atoms with Gasteiger partial charge in [0, 0.05) is 36.6 Å². The number of β-amino-alcohol motifs (C(OH)–C–C–N with tert-alkyl or cyclic N) is 1. The van der Waals surface area contributed by atoms with Gasteiger partial charge in [0.15, 0.2) is 5.78 Å². The molecule has 0 spiro atoms. The smallest absolute Gasteiger partial charge is 0.410 e. The molecule has 4 rings (SSSR count). The highest BCUT2D eigenvalue weighted by Gasteiger charge is 2.41. The number of pyridine rings is 1. The number of aliphatic hydroxyl groups is 1. The molecule has 3 atom stereocenters. The third kappa shape index (κ3) is 7.33. The number of hydrogen-bond acceptors (Lipinski definition) is 6. The Hall–Kier alpha value is -4.25. The van der Waals surface area contributed by atoms with Crippen molar-refractivity contribution in [3.8, 4) is 11.1 Å². The van der Waals surface area contributed by atoms with Gasteiger partial charge in [-0.1, -0.05) is 12.1 Å². The number of carbonyl (C=O) groups is 3. The van der Waals surface area contributed by atoms with E-state index in [2.05, 4.69) is 4.98 Å². The van der Waals surface area contributed by atoms with Gasteiger partial charge in [0.25, 0.3) is 5.91 Å². The second-order valence-electron chi connectivity index (χ2n) is 11.4. The van der Waals surface area contributed by atoms with Gasteiger partial charge < -0.3 is 15.6 Å². The molecule has 0 radical (unpaired) electrons. The van der Waals surface area contributed by atoms with E-state index in [1.165, 1.54) is 23.2 Å². The lowest BCUT2D eigenvalue weighted by atomic mass is 9.85. The number of aliphatic hydroxyl groups excluding tert-OH is 1. The van der Waals surface area contributed by atoms with Crippen LogP contribution in [0.1, 0.15) is 61.1 Å². The maximum Gasteiger partial charge on any atom is 0.410 e. The lowest BCUT2D eigenvalue weighted by molar-refractivity contribution is -0.123. The molecular formula is C31H32F3N3O5. The quantitative estimate of drug-likeness (QED) is 0.388. The number of rotatable bonds is 8. The van der Waals surface area contributed by atoms with Crippen molar-refractivity contribution < 1.29 is 37.4 Å². The summed E-state index contributed by atoms with van der Waals surface area (Å²) < 4.78 is 47.9. The number of likely N-dealkylation sites (tertiary alicyclic amines) is 1. The van der Waals surface area contributed by atoms with Crippen LogP contribution in [0.2, 0.25) is 0 Å². The van der Waals surface area contributed by atoms with Gasteiger partial charge in [0.05, 0.1) is 29.9 Å². The number of halogens is 3. The van der Waals surface area contributed by atoms with Gasteiger partial charge in [0.2, 0.25) is 0 Å². The monoisotopic (exact) mass is 583 g/mol. The number of ketones is 1. The van der Waals surface area contributed by atoms with E-state index in [1.807, 2.05) is 0 Å². The van der Waals surface area contributed by atoms with E-state index in [9.17, 15) is 32.7 Å². The topological polar surface area (TPSA) is 123 Å². The van der Waals surface area contributed by atoms with Crippen LogP contribution in [0.4, 0.5) is 18.0 Å². The highest BCUT2D eigenvalue weighted by Crippen LogP contribution is 2.35. The van der Waals surface area contributed by atoms with Crippen molar-refractivity contribution >= 4 is 17.8 Å². The van der Waals surface area contributed by atoms with Crippen LogP contribution in [0.3, 0.4) is 0 Å².